The maximum Gasteiger partial charge on any atom is 0.258 e. The van der Waals surface area contributed by atoms with Gasteiger partial charge in [-0.05, 0) is 73.4 Å². The van der Waals surface area contributed by atoms with Gasteiger partial charge in [-0.25, -0.2) is 13.3 Å². The van der Waals surface area contributed by atoms with Crippen molar-refractivity contribution in [1.29, 1.82) is 0 Å². The second-order valence-electron chi connectivity index (χ2n) is 9.83. The molecule has 3 aromatic heterocycles. The molecule has 1 saturated heterocycles. The fourth-order valence-electron chi connectivity index (χ4n) is 5.67. The van der Waals surface area contributed by atoms with Crippen LogP contribution >= 0.6 is 0 Å². The summed E-state index contributed by atoms with van der Waals surface area (Å²) in [5.41, 5.74) is 3.35. The molecule has 2 aromatic carbocycles. The number of nitrogens with zero attached hydrogens (tertiary/aromatic N) is 5. The molecule has 184 valence electrons. The van der Waals surface area contributed by atoms with Gasteiger partial charge in [0, 0.05) is 29.6 Å². The van der Waals surface area contributed by atoms with Gasteiger partial charge in [-0.1, -0.05) is 18.2 Å². The molecule has 0 radical (unpaired) electrons. The predicted octanol–water partition coefficient (Wildman–Crippen LogP) is 5.45. The summed E-state index contributed by atoms with van der Waals surface area (Å²) >= 11 is 0. The summed E-state index contributed by atoms with van der Waals surface area (Å²) in [5, 5.41) is 9.30. The van der Waals surface area contributed by atoms with Gasteiger partial charge in [0.25, 0.3) is 5.91 Å². The molecule has 6 nitrogen and oxygen atoms in total. The molecule has 1 aliphatic carbocycles. The molecule has 3 atom stereocenters. The zero-order chi connectivity index (χ0) is 25.1. The summed E-state index contributed by atoms with van der Waals surface area (Å²) in [7, 11) is 0. The smallest absolute Gasteiger partial charge is 0.258 e. The molecule has 0 bridgehead atoms. The van der Waals surface area contributed by atoms with Crippen LogP contribution in [0.3, 0.4) is 0 Å². The van der Waals surface area contributed by atoms with Crippen LogP contribution in [0.4, 0.5) is 8.78 Å². The van der Waals surface area contributed by atoms with Crippen molar-refractivity contribution in [1.82, 2.24) is 24.3 Å². The number of fused-ring (bicyclic) bond motifs is 2. The highest BCUT2D eigenvalue weighted by molar-refractivity contribution is 6.07. The fraction of sp³-hybridized carbons (Fsp3) is 0.207. The molecule has 1 aliphatic heterocycles. The van der Waals surface area contributed by atoms with Crippen LogP contribution in [0.15, 0.2) is 85.2 Å². The van der Waals surface area contributed by atoms with Gasteiger partial charge < -0.3 is 4.90 Å². The van der Waals surface area contributed by atoms with Crippen molar-refractivity contribution in [3.63, 3.8) is 0 Å². The number of hydrogen-bond donors (Lipinski definition) is 0. The highest BCUT2D eigenvalue weighted by atomic mass is 19.1. The number of halogens is 2. The van der Waals surface area contributed by atoms with Crippen molar-refractivity contribution in [2.24, 2.45) is 5.92 Å². The van der Waals surface area contributed by atoms with Gasteiger partial charge in [-0.3, -0.25) is 9.48 Å². The Labute approximate surface area is 211 Å². The number of carbonyl (C=O) groups excluding carboxylic acids is 1. The average Bonchev–Trinajstić information content (AvgIpc) is 3.22. The van der Waals surface area contributed by atoms with E-state index in [1.165, 1.54) is 18.2 Å². The predicted molar refractivity (Wildman–Crippen MR) is 135 cm³/mol. The summed E-state index contributed by atoms with van der Waals surface area (Å²) in [5.74, 6) is -0.350. The third-order valence-electron chi connectivity index (χ3n) is 7.51. The first-order valence-electron chi connectivity index (χ1n) is 12.4. The third-order valence-corrected chi connectivity index (χ3v) is 7.51. The lowest BCUT2D eigenvalue weighted by atomic mass is 10.0. The Balaban J connectivity index is 1.23. The first-order chi connectivity index (χ1) is 18.1. The van der Waals surface area contributed by atoms with Crippen LogP contribution in [0.1, 0.15) is 23.2 Å². The Kier molecular flexibility index (Phi) is 4.96. The second-order valence-corrected chi connectivity index (χ2v) is 9.83. The van der Waals surface area contributed by atoms with E-state index in [0.29, 0.717) is 34.8 Å². The van der Waals surface area contributed by atoms with E-state index >= 15 is 0 Å². The molecule has 0 spiro atoms. The van der Waals surface area contributed by atoms with Crippen LogP contribution in [0.2, 0.25) is 0 Å². The highest BCUT2D eigenvalue weighted by Gasteiger charge is 2.54. The highest BCUT2D eigenvalue weighted by Crippen LogP contribution is 2.49. The fourth-order valence-corrected chi connectivity index (χ4v) is 5.67. The van der Waals surface area contributed by atoms with Crippen molar-refractivity contribution in [2.75, 3.05) is 0 Å². The summed E-state index contributed by atoms with van der Waals surface area (Å²) in [6, 6.07) is 20.3. The van der Waals surface area contributed by atoms with Crippen LogP contribution in [0.25, 0.3) is 28.0 Å². The van der Waals surface area contributed by atoms with Crippen molar-refractivity contribution >= 4 is 11.4 Å². The van der Waals surface area contributed by atoms with E-state index in [1.807, 2.05) is 40.0 Å². The summed E-state index contributed by atoms with van der Waals surface area (Å²) in [4.78, 5) is 16.2. The van der Waals surface area contributed by atoms with E-state index in [-0.39, 0.29) is 23.8 Å². The van der Waals surface area contributed by atoms with E-state index in [2.05, 4.69) is 10.2 Å². The summed E-state index contributed by atoms with van der Waals surface area (Å²) in [6.45, 7) is 0.550. The minimum Gasteiger partial charge on any atom is -0.330 e. The van der Waals surface area contributed by atoms with Gasteiger partial charge in [0.2, 0.25) is 0 Å². The largest absolute Gasteiger partial charge is 0.330 e. The van der Waals surface area contributed by atoms with Crippen LogP contribution < -0.4 is 0 Å². The SMILES string of the molecule is O=C(c1c(-c2ccccc2F)nn2ccccc12)N1[C@H](Cn2ccc(-c3ccc(F)cc3)n2)C[C@@H]2C[C@@H]21. The van der Waals surface area contributed by atoms with Crippen LogP contribution in [-0.4, -0.2) is 42.3 Å². The minimum absolute atomic E-state index is 0.0376. The molecule has 5 aromatic rings. The summed E-state index contributed by atoms with van der Waals surface area (Å²) in [6.07, 6.45) is 5.55. The molecule has 2 aliphatic rings. The van der Waals surface area contributed by atoms with Gasteiger partial charge >= 0.3 is 0 Å². The number of hydrogen-bond acceptors (Lipinski definition) is 3. The normalized spacial score (nSPS) is 20.4. The van der Waals surface area contributed by atoms with Gasteiger partial charge in [0.1, 0.15) is 17.3 Å². The maximum atomic E-state index is 14.8. The minimum atomic E-state index is -0.410. The summed E-state index contributed by atoms with van der Waals surface area (Å²) < 4.78 is 31.6. The molecule has 7 rings (SSSR count). The number of pyridine rings is 1. The van der Waals surface area contributed by atoms with Crippen LogP contribution in [-0.2, 0) is 6.54 Å². The standard InChI is InChI=1S/C29H23F2N5O/c30-20-10-8-18(9-11-20)24-12-14-34(32-24)17-21-15-19-16-26(19)36(21)29(37)27-25-7-3-4-13-35(25)33-28(27)22-5-1-2-6-23(22)31/h1-14,19,21,26H,15-17H2/t19-,21+,26+/m1/s1. The Hall–Kier alpha value is -4.33. The Morgan fingerprint density at radius 2 is 1.70 bits per heavy atom. The molecular formula is C29H23F2N5O. The number of piperidine rings is 1. The number of carbonyl (C=O) groups is 1. The lowest BCUT2D eigenvalue weighted by molar-refractivity contribution is 0.0685. The van der Waals surface area contributed by atoms with Gasteiger partial charge in [-0.15, -0.1) is 0 Å². The monoisotopic (exact) mass is 495 g/mol. The topological polar surface area (TPSA) is 55.4 Å². The molecule has 1 amide bonds. The molecular weight excluding hydrogens is 472 g/mol. The molecule has 37 heavy (non-hydrogen) atoms. The molecule has 8 heteroatoms. The van der Waals surface area contributed by atoms with E-state index in [1.54, 1.807) is 41.0 Å². The quantitative estimate of drug-likeness (QED) is 0.326. The Morgan fingerprint density at radius 3 is 2.54 bits per heavy atom. The van der Waals surface area contributed by atoms with E-state index < -0.39 is 5.82 Å². The molecule has 2 fully saturated rings. The zero-order valence-corrected chi connectivity index (χ0v) is 19.8. The molecule has 1 saturated carbocycles. The van der Waals surface area contributed by atoms with Crippen molar-refractivity contribution in [3.8, 4) is 22.5 Å². The van der Waals surface area contributed by atoms with E-state index in [9.17, 15) is 13.6 Å². The maximum absolute atomic E-state index is 14.8. The van der Waals surface area contributed by atoms with Crippen molar-refractivity contribution in [2.45, 2.75) is 31.5 Å². The Bertz CT molecular complexity index is 1640. The lowest BCUT2D eigenvalue weighted by Gasteiger charge is -2.28. The average molecular weight is 496 g/mol. The van der Waals surface area contributed by atoms with Crippen molar-refractivity contribution in [3.05, 3.63) is 102 Å². The van der Waals surface area contributed by atoms with Crippen LogP contribution in [0.5, 0.6) is 0 Å². The second kappa shape index (κ2) is 8.37. The molecule has 4 heterocycles. The number of likely N-dealkylation sites (tertiary alicyclic amines) is 1. The van der Waals surface area contributed by atoms with E-state index in [4.69, 9.17) is 0 Å². The van der Waals surface area contributed by atoms with Crippen LogP contribution in [0, 0.1) is 17.6 Å². The Morgan fingerprint density at radius 1 is 0.892 bits per heavy atom. The number of amides is 1. The number of benzene rings is 2. The number of aromatic nitrogens is 4. The van der Waals surface area contributed by atoms with Crippen molar-refractivity contribution < 1.29 is 13.6 Å². The first kappa shape index (κ1) is 21.9. The third kappa shape index (κ3) is 3.71. The van der Waals surface area contributed by atoms with Gasteiger partial charge in [-0.2, -0.15) is 10.2 Å². The molecule has 0 unspecified atom stereocenters. The first-order valence-corrected chi connectivity index (χ1v) is 12.4. The van der Waals surface area contributed by atoms with Gasteiger partial charge in [0.05, 0.1) is 29.4 Å². The molecule has 0 N–H and O–H groups in total. The zero-order valence-electron chi connectivity index (χ0n) is 19.8. The number of rotatable bonds is 5. The lowest BCUT2D eigenvalue weighted by Crippen LogP contribution is -2.41. The van der Waals surface area contributed by atoms with E-state index in [0.717, 1.165) is 24.1 Å². The van der Waals surface area contributed by atoms with Gasteiger partial charge in [0.15, 0.2) is 0 Å².